The van der Waals surface area contributed by atoms with Crippen molar-refractivity contribution in [1.82, 2.24) is 9.88 Å². The molecule has 2 unspecified atom stereocenters. The molecule has 1 aromatic heterocycles. The molecule has 2 atom stereocenters. The van der Waals surface area contributed by atoms with E-state index in [1.54, 1.807) is 20.3 Å². The smallest absolute Gasteiger partial charge is 0.162 e. The molecule has 2 aliphatic heterocycles. The van der Waals surface area contributed by atoms with Crippen LogP contribution in [-0.4, -0.2) is 30.6 Å². The number of ether oxygens (including phenoxy) is 3. The van der Waals surface area contributed by atoms with Gasteiger partial charge in [-0.25, -0.2) is 8.78 Å². The molecule has 0 saturated carbocycles. The molecular formula is C34H30F2N2O3. The fraction of sp³-hybridized carbons (Fsp3) is 0.235. The minimum absolute atomic E-state index is 0.0638. The Morgan fingerprint density at radius 3 is 2.51 bits per heavy atom. The van der Waals surface area contributed by atoms with Crippen LogP contribution in [0.4, 0.5) is 8.78 Å². The number of halogens is 2. The van der Waals surface area contributed by atoms with Crippen LogP contribution in [0.2, 0.25) is 0 Å². The molecule has 1 N–H and O–H groups in total. The zero-order valence-corrected chi connectivity index (χ0v) is 22.9. The summed E-state index contributed by atoms with van der Waals surface area (Å²) in [6.45, 7) is 1.07. The van der Waals surface area contributed by atoms with Gasteiger partial charge in [0.25, 0.3) is 0 Å². The van der Waals surface area contributed by atoms with Gasteiger partial charge in [-0.15, -0.1) is 0 Å². The van der Waals surface area contributed by atoms with Gasteiger partial charge in [-0.2, -0.15) is 0 Å². The highest BCUT2D eigenvalue weighted by Gasteiger charge is 2.41. The highest BCUT2D eigenvalue weighted by Crippen LogP contribution is 2.50. The van der Waals surface area contributed by atoms with Gasteiger partial charge in [-0.05, 0) is 95.3 Å². The molecule has 0 aliphatic carbocycles. The number of fused-ring (bicyclic) bond motifs is 6. The molecule has 0 fully saturated rings. The van der Waals surface area contributed by atoms with Gasteiger partial charge in [0.1, 0.15) is 24.0 Å². The molecule has 0 bridgehead atoms. The minimum atomic E-state index is -0.292. The lowest BCUT2D eigenvalue weighted by Gasteiger charge is -2.46. The lowest BCUT2D eigenvalue weighted by molar-refractivity contribution is 0.127. The summed E-state index contributed by atoms with van der Waals surface area (Å²) in [6.07, 6.45) is 1.64. The van der Waals surface area contributed by atoms with Gasteiger partial charge in [0.05, 0.1) is 20.3 Å². The quantitative estimate of drug-likeness (QED) is 0.240. The fourth-order valence-corrected chi connectivity index (χ4v) is 6.52. The molecule has 0 radical (unpaired) electrons. The van der Waals surface area contributed by atoms with Crippen LogP contribution in [0.3, 0.4) is 0 Å². The molecule has 0 amide bonds. The first-order valence-corrected chi connectivity index (χ1v) is 13.8. The Morgan fingerprint density at radius 2 is 1.73 bits per heavy atom. The second-order valence-electron chi connectivity index (χ2n) is 10.7. The van der Waals surface area contributed by atoms with Crippen molar-refractivity contribution in [2.45, 2.75) is 31.5 Å². The first kappa shape index (κ1) is 25.6. The average molecular weight is 553 g/mol. The number of benzene rings is 4. The third-order valence-corrected chi connectivity index (χ3v) is 8.44. The maximum Gasteiger partial charge on any atom is 0.162 e. The normalized spacial score (nSPS) is 18.0. The van der Waals surface area contributed by atoms with Crippen molar-refractivity contribution in [3.05, 3.63) is 124 Å². The van der Waals surface area contributed by atoms with Gasteiger partial charge >= 0.3 is 0 Å². The second kappa shape index (κ2) is 10.2. The number of rotatable bonds is 6. The Morgan fingerprint density at radius 1 is 0.878 bits per heavy atom. The van der Waals surface area contributed by atoms with Crippen molar-refractivity contribution < 1.29 is 23.0 Å². The van der Waals surface area contributed by atoms with Crippen LogP contribution in [-0.2, 0) is 19.4 Å². The zero-order chi connectivity index (χ0) is 28.1. The van der Waals surface area contributed by atoms with Gasteiger partial charge in [0.15, 0.2) is 11.5 Å². The molecule has 5 aromatic rings. The van der Waals surface area contributed by atoms with Crippen LogP contribution in [0.5, 0.6) is 17.2 Å². The summed E-state index contributed by atoms with van der Waals surface area (Å²) in [6, 6.07) is 23.5. The van der Waals surface area contributed by atoms with Gasteiger partial charge in [0, 0.05) is 29.2 Å². The number of H-pyrrole nitrogens is 1. The number of hydrogen-bond acceptors (Lipinski definition) is 4. The number of nitrogens with one attached hydrogen (secondary N) is 1. The van der Waals surface area contributed by atoms with Gasteiger partial charge in [-0.1, -0.05) is 24.3 Å². The molecule has 7 rings (SSSR count). The number of aromatic nitrogens is 1. The Bertz CT molecular complexity index is 1750. The largest absolute Gasteiger partial charge is 0.497 e. The number of methoxy groups -OCH3 is 2. The van der Waals surface area contributed by atoms with E-state index in [9.17, 15) is 8.78 Å². The van der Waals surface area contributed by atoms with Crippen molar-refractivity contribution in [3.63, 3.8) is 0 Å². The highest BCUT2D eigenvalue weighted by molar-refractivity contribution is 5.87. The lowest BCUT2D eigenvalue weighted by Crippen LogP contribution is -2.43. The molecular weight excluding hydrogens is 522 g/mol. The van der Waals surface area contributed by atoms with E-state index in [0.29, 0.717) is 11.5 Å². The zero-order valence-electron chi connectivity index (χ0n) is 22.9. The Hall–Kier alpha value is -4.36. The summed E-state index contributed by atoms with van der Waals surface area (Å²) in [5.41, 5.74) is 7.61. The van der Waals surface area contributed by atoms with E-state index >= 15 is 0 Å². The minimum Gasteiger partial charge on any atom is -0.497 e. The first-order chi connectivity index (χ1) is 20.0. The van der Waals surface area contributed by atoms with Crippen LogP contribution in [0.15, 0.2) is 78.9 Å². The summed E-state index contributed by atoms with van der Waals surface area (Å²) >= 11 is 0. The maximum absolute atomic E-state index is 14.0. The Balaban J connectivity index is 1.34. The standard InChI is InChI=1S/C34H30F2N2O3/c1-39-25-10-11-29-27(16-25)28-17-30-26-18-32(41-19-20-4-3-5-24(36)14-20)31(40-2)15-22(26)12-13-38(30)34(33(28)37-29)21-6-8-23(35)9-7-21/h3-11,14-16,18,30,34,37H,12-13,17,19H2,1-2H3. The molecule has 2 aliphatic rings. The SMILES string of the molecule is COc1ccc2[nH]c3c(c2c1)CC1c2cc(OCc4cccc(F)c4)c(OC)cc2CCN1C3c1ccc(F)cc1. The molecule has 0 spiro atoms. The number of hydrogen-bond donors (Lipinski definition) is 1. The predicted molar refractivity (Wildman–Crippen MR) is 154 cm³/mol. The van der Waals surface area contributed by atoms with Crippen molar-refractivity contribution >= 4 is 10.9 Å². The molecule has 7 heteroatoms. The van der Waals surface area contributed by atoms with Crippen molar-refractivity contribution in [2.24, 2.45) is 0 Å². The van der Waals surface area contributed by atoms with E-state index in [1.165, 1.54) is 41.0 Å². The third-order valence-electron chi connectivity index (χ3n) is 8.44. The molecule has 41 heavy (non-hydrogen) atoms. The molecule has 4 aromatic carbocycles. The van der Waals surface area contributed by atoms with Crippen LogP contribution < -0.4 is 14.2 Å². The number of aromatic amines is 1. The van der Waals surface area contributed by atoms with Crippen molar-refractivity contribution in [2.75, 3.05) is 20.8 Å². The van der Waals surface area contributed by atoms with Crippen LogP contribution >= 0.6 is 0 Å². The van der Waals surface area contributed by atoms with E-state index in [2.05, 4.69) is 34.1 Å². The highest BCUT2D eigenvalue weighted by atomic mass is 19.1. The summed E-state index contributed by atoms with van der Waals surface area (Å²) in [5, 5.41) is 1.13. The van der Waals surface area contributed by atoms with Crippen molar-refractivity contribution in [1.29, 1.82) is 0 Å². The summed E-state index contributed by atoms with van der Waals surface area (Å²) < 4.78 is 45.3. The fourth-order valence-electron chi connectivity index (χ4n) is 6.52. The van der Waals surface area contributed by atoms with E-state index in [0.717, 1.165) is 52.9 Å². The van der Waals surface area contributed by atoms with Crippen molar-refractivity contribution in [3.8, 4) is 17.2 Å². The van der Waals surface area contributed by atoms with Gasteiger partial charge in [0.2, 0.25) is 0 Å². The third kappa shape index (κ3) is 4.50. The molecule has 208 valence electrons. The molecule has 5 nitrogen and oxygen atoms in total. The van der Waals surface area contributed by atoms with Crippen LogP contribution in [0, 0.1) is 11.6 Å². The first-order valence-electron chi connectivity index (χ1n) is 13.8. The lowest BCUT2D eigenvalue weighted by atomic mass is 9.80. The van der Waals surface area contributed by atoms with E-state index < -0.39 is 0 Å². The van der Waals surface area contributed by atoms with Gasteiger partial charge < -0.3 is 19.2 Å². The molecule has 0 saturated heterocycles. The van der Waals surface area contributed by atoms with E-state index in [-0.39, 0.29) is 30.3 Å². The topological polar surface area (TPSA) is 46.7 Å². The Kier molecular flexibility index (Phi) is 6.39. The number of nitrogens with zero attached hydrogens (tertiary/aromatic N) is 1. The van der Waals surface area contributed by atoms with Crippen LogP contribution in [0.1, 0.15) is 45.6 Å². The monoisotopic (exact) mass is 552 g/mol. The maximum atomic E-state index is 14.0. The summed E-state index contributed by atoms with van der Waals surface area (Å²) in [5.74, 6) is 1.55. The van der Waals surface area contributed by atoms with Crippen LogP contribution in [0.25, 0.3) is 10.9 Å². The summed E-state index contributed by atoms with van der Waals surface area (Å²) in [4.78, 5) is 6.20. The average Bonchev–Trinajstić information content (AvgIpc) is 3.36. The van der Waals surface area contributed by atoms with E-state index in [1.807, 2.05) is 24.3 Å². The summed E-state index contributed by atoms with van der Waals surface area (Å²) in [7, 11) is 3.32. The van der Waals surface area contributed by atoms with E-state index in [4.69, 9.17) is 14.2 Å². The molecule has 3 heterocycles. The second-order valence-corrected chi connectivity index (χ2v) is 10.7. The Labute approximate surface area is 237 Å². The van der Waals surface area contributed by atoms with Gasteiger partial charge in [-0.3, -0.25) is 4.90 Å². The predicted octanol–water partition coefficient (Wildman–Crippen LogP) is 7.29.